The Bertz CT molecular complexity index is 1290. The van der Waals surface area contributed by atoms with Crippen molar-refractivity contribution in [3.05, 3.63) is 110 Å². The summed E-state index contributed by atoms with van der Waals surface area (Å²) >= 11 is 11.9. The topological polar surface area (TPSA) is 128 Å². The molecule has 0 radical (unpaired) electrons. The van der Waals surface area contributed by atoms with Crippen molar-refractivity contribution in [2.45, 2.75) is 0 Å². The van der Waals surface area contributed by atoms with E-state index in [1.165, 1.54) is 54.6 Å². The molecule has 172 valence electrons. The summed E-state index contributed by atoms with van der Waals surface area (Å²) in [7, 11) is 0. The van der Waals surface area contributed by atoms with Gasteiger partial charge in [0.25, 0.3) is 17.5 Å². The number of nitro groups is 1. The molecule has 0 spiro atoms. The lowest BCUT2D eigenvalue weighted by Gasteiger charge is -2.09. The SMILES string of the molecule is O=C(/C=C/c1ccccc1OC(=O)c1ccc(Cl)cc1Cl)NNC(=O)c1ccc([N+](=O)[O-])cc1. The molecule has 0 unspecified atom stereocenters. The molecule has 0 saturated heterocycles. The van der Waals surface area contributed by atoms with Gasteiger partial charge in [-0.2, -0.15) is 0 Å². The summed E-state index contributed by atoms with van der Waals surface area (Å²) in [5.74, 6) is -1.86. The Morgan fingerprint density at radius 2 is 1.65 bits per heavy atom. The molecule has 0 saturated carbocycles. The van der Waals surface area contributed by atoms with Crippen molar-refractivity contribution < 1.29 is 24.0 Å². The number of halogens is 2. The molecule has 0 aromatic heterocycles. The fraction of sp³-hybridized carbons (Fsp3) is 0. The average Bonchev–Trinajstić information content (AvgIpc) is 2.81. The molecule has 0 heterocycles. The van der Waals surface area contributed by atoms with Crippen molar-refractivity contribution in [2.24, 2.45) is 0 Å². The minimum atomic E-state index is -0.706. The number of hydrogen-bond donors (Lipinski definition) is 2. The highest BCUT2D eigenvalue weighted by Crippen LogP contribution is 2.25. The Balaban J connectivity index is 1.62. The van der Waals surface area contributed by atoms with Crippen LogP contribution in [0.15, 0.2) is 72.8 Å². The van der Waals surface area contributed by atoms with Gasteiger partial charge < -0.3 is 4.74 Å². The van der Waals surface area contributed by atoms with Crippen LogP contribution in [0.5, 0.6) is 5.75 Å². The van der Waals surface area contributed by atoms with Crippen LogP contribution in [0.4, 0.5) is 5.69 Å². The number of carbonyl (C=O) groups is 3. The number of nitrogens with one attached hydrogen (secondary N) is 2. The van der Waals surface area contributed by atoms with Crippen molar-refractivity contribution >= 4 is 52.7 Å². The molecule has 0 aliphatic heterocycles. The summed E-state index contributed by atoms with van der Waals surface area (Å²) in [5.41, 5.74) is 4.87. The van der Waals surface area contributed by atoms with Crippen molar-refractivity contribution in [2.75, 3.05) is 0 Å². The van der Waals surface area contributed by atoms with Gasteiger partial charge in [0.2, 0.25) is 0 Å². The number of nitro benzene ring substituents is 1. The summed E-state index contributed by atoms with van der Waals surface area (Å²) in [6.45, 7) is 0. The van der Waals surface area contributed by atoms with E-state index in [0.29, 0.717) is 10.6 Å². The largest absolute Gasteiger partial charge is 0.422 e. The van der Waals surface area contributed by atoms with Crippen LogP contribution >= 0.6 is 23.2 Å². The molecule has 2 amide bonds. The molecule has 2 N–H and O–H groups in total. The fourth-order valence-corrected chi connectivity index (χ4v) is 3.14. The predicted octanol–water partition coefficient (Wildman–Crippen LogP) is 4.60. The first-order valence-electron chi connectivity index (χ1n) is 9.53. The summed E-state index contributed by atoms with van der Waals surface area (Å²) in [4.78, 5) is 46.7. The Kier molecular flexibility index (Phi) is 7.96. The van der Waals surface area contributed by atoms with Crippen molar-refractivity contribution in [3.8, 4) is 5.75 Å². The van der Waals surface area contributed by atoms with Gasteiger partial charge in [-0.15, -0.1) is 0 Å². The van der Waals surface area contributed by atoms with Crippen LogP contribution in [-0.4, -0.2) is 22.7 Å². The minimum Gasteiger partial charge on any atom is -0.422 e. The zero-order valence-electron chi connectivity index (χ0n) is 17.2. The van der Waals surface area contributed by atoms with E-state index in [1.807, 2.05) is 0 Å². The average molecular weight is 500 g/mol. The number of carbonyl (C=O) groups excluding carboxylic acids is 3. The van der Waals surface area contributed by atoms with Crippen LogP contribution in [-0.2, 0) is 4.79 Å². The Hall–Kier alpha value is -4.21. The van der Waals surface area contributed by atoms with E-state index in [0.717, 1.165) is 6.08 Å². The monoisotopic (exact) mass is 499 g/mol. The van der Waals surface area contributed by atoms with Crippen LogP contribution in [0.2, 0.25) is 10.0 Å². The number of non-ortho nitro benzene ring substituents is 1. The third-order valence-electron chi connectivity index (χ3n) is 4.33. The van der Waals surface area contributed by atoms with Gasteiger partial charge in [-0.3, -0.25) is 30.6 Å². The van der Waals surface area contributed by atoms with Crippen LogP contribution in [0.3, 0.4) is 0 Å². The van der Waals surface area contributed by atoms with Gasteiger partial charge in [0.1, 0.15) is 5.75 Å². The Morgan fingerprint density at radius 3 is 2.32 bits per heavy atom. The summed E-state index contributed by atoms with van der Waals surface area (Å²) < 4.78 is 5.40. The third-order valence-corrected chi connectivity index (χ3v) is 4.87. The Labute approximate surface area is 203 Å². The molecule has 0 fully saturated rings. The molecule has 34 heavy (non-hydrogen) atoms. The zero-order chi connectivity index (χ0) is 24.7. The highest BCUT2D eigenvalue weighted by Gasteiger charge is 2.15. The van der Waals surface area contributed by atoms with E-state index in [9.17, 15) is 24.5 Å². The first-order chi connectivity index (χ1) is 16.2. The third kappa shape index (κ3) is 6.41. The molecular weight excluding hydrogens is 485 g/mol. The van der Waals surface area contributed by atoms with E-state index in [2.05, 4.69) is 10.9 Å². The standard InChI is InChI=1S/C23H15Cl2N3O6/c24-16-8-11-18(19(25)13-16)23(31)34-20-4-2-1-3-14(20)7-12-21(29)26-27-22(30)15-5-9-17(10-6-15)28(32)33/h1-13H,(H,26,29)(H,27,30)/b12-7+. The second-order valence-electron chi connectivity index (χ2n) is 6.63. The maximum atomic E-state index is 12.5. The molecule has 3 rings (SSSR count). The van der Waals surface area contributed by atoms with Crippen LogP contribution in [0.25, 0.3) is 6.08 Å². The quantitative estimate of drug-likeness (QED) is 0.168. The van der Waals surface area contributed by atoms with E-state index in [4.69, 9.17) is 27.9 Å². The van der Waals surface area contributed by atoms with Crippen LogP contribution < -0.4 is 15.6 Å². The van der Waals surface area contributed by atoms with Gasteiger partial charge in [-0.1, -0.05) is 41.4 Å². The van der Waals surface area contributed by atoms with Gasteiger partial charge >= 0.3 is 5.97 Å². The molecule has 0 aliphatic rings. The maximum Gasteiger partial charge on any atom is 0.345 e. The van der Waals surface area contributed by atoms with Crippen molar-refractivity contribution in [1.29, 1.82) is 0 Å². The molecule has 3 aromatic carbocycles. The Morgan fingerprint density at radius 1 is 0.941 bits per heavy atom. The summed E-state index contributed by atoms with van der Waals surface area (Å²) in [6.07, 6.45) is 2.51. The van der Waals surface area contributed by atoms with Crippen molar-refractivity contribution in [3.63, 3.8) is 0 Å². The van der Waals surface area contributed by atoms with E-state index >= 15 is 0 Å². The smallest absolute Gasteiger partial charge is 0.345 e. The first-order valence-corrected chi connectivity index (χ1v) is 10.3. The number of ether oxygens (including phenoxy) is 1. The van der Waals surface area contributed by atoms with Crippen LogP contribution in [0.1, 0.15) is 26.3 Å². The molecule has 0 aliphatic carbocycles. The van der Waals surface area contributed by atoms with E-state index < -0.39 is 22.7 Å². The highest BCUT2D eigenvalue weighted by atomic mass is 35.5. The summed E-state index contributed by atoms with van der Waals surface area (Å²) in [5, 5.41) is 11.2. The summed E-state index contributed by atoms with van der Waals surface area (Å²) in [6, 6.07) is 15.7. The minimum absolute atomic E-state index is 0.119. The molecule has 11 heteroatoms. The normalized spacial score (nSPS) is 10.5. The number of benzene rings is 3. The lowest BCUT2D eigenvalue weighted by atomic mass is 10.1. The number of nitrogens with zero attached hydrogens (tertiary/aromatic N) is 1. The maximum absolute atomic E-state index is 12.5. The first kappa shape index (κ1) is 24.4. The number of esters is 1. The zero-order valence-corrected chi connectivity index (χ0v) is 18.7. The van der Waals surface area contributed by atoms with E-state index in [-0.39, 0.29) is 27.6 Å². The van der Waals surface area contributed by atoms with Crippen molar-refractivity contribution in [1.82, 2.24) is 10.9 Å². The number of rotatable bonds is 6. The molecule has 0 atom stereocenters. The van der Waals surface area contributed by atoms with Gasteiger partial charge in [0.15, 0.2) is 0 Å². The van der Waals surface area contributed by atoms with Gasteiger partial charge in [0, 0.05) is 34.4 Å². The lowest BCUT2D eigenvalue weighted by Crippen LogP contribution is -2.40. The lowest BCUT2D eigenvalue weighted by molar-refractivity contribution is -0.384. The number of hydrogen-bond acceptors (Lipinski definition) is 6. The predicted molar refractivity (Wildman–Crippen MR) is 126 cm³/mol. The van der Waals surface area contributed by atoms with Gasteiger partial charge in [0.05, 0.1) is 15.5 Å². The number of hydrazine groups is 1. The molecule has 0 bridgehead atoms. The fourth-order valence-electron chi connectivity index (χ4n) is 2.65. The van der Waals surface area contributed by atoms with Gasteiger partial charge in [-0.25, -0.2) is 4.79 Å². The molecule has 9 nitrogen and oxygen atoms in total. The second-order valence-corrected chi connectivity index (χ2v) is 7.48. The van der Waals surface area contributed by atoms with Crippen LogP contribution in [0, 0.1) is 10.1 Å². The van der Waals surface area contributed by atoms with E-state index in [1.54, 1.807) is 18.2 Å². The molecular formula is C23H15Cl2N3O6. The number of para-hydroxylation sites is 1. The number of amides is 2. The molecule has 3 aromatic rings. The van der Waals surface area contributed by atoms with Gasteiger partial charge in [-0.05, 0) is 42.5 Å². The highest BCUT2D eigenvalue weighted by molar-refractivity contribution is 6.36. The second kappa shape index (κ2) is 11.1.